The van der Waals surface area contributed by atoms with Gasteiger partial charge in [0.05, 0.1) is 11.9 Å². The lowest BCUT2D eigenvalue weighted by Crippen LogP contribution is -2.14. The Balaban J connectivity index is 1.46. The summed E-state index contributed by atoms with van der Waals surface area (Å²) in [6.07, 6.45) is 4.74. The molecule has 2 N–H and O–H groups in total. The summed E-state index contributed by atoms with van der Waals surface area (Å²) in [4.78, 5) is 15.9. The first-order valence-corrected chi connectivity index (χ1v) is 7.36. The molecule has 1 aromatic heterocycles. The first kappa shape index (κ1) is 13.6. The minimum Gasteiger partial charge on any atom is -0.383 e. The number of hydrogen-bond donors (Lipinski definition) is 2. The van der Waals surface area contributed by atoms with Crippen LogP contribution in [0.15, 0.2) is 48.7 Å². The number of anilines is 2. The maximum absolute atomic E-state index is 11.6. The summed E-state index contributed by atoms with van der Waals surface area (Å²) in [5.41, 5.74) is 2.28. The van der Waals surface area contributed by atoms with Crippen LogP contribution in [0, 0.1) is 5.92 Å². The summed E-state index contributed by atoms with van der Waals surface area (Å²) < 4.78 is 0. The number of carbonyl (C=O) groups excluding carboxylic acids is 1. The largest absolute Gasteiger partial charge is 0.383 e. The van der Waals surface area contributed by atoms with Crippen molar-refractivity contribution in [2.75, 3.05) is 17.2 Å². The molecular formula is C17H19N3O. The highest BCUT2D eigenvalue weighted by Crippen LogP contribution is 2.29. The smallest absolute Gasteiger partial charge is 0.228 e. The Kier molecular flexibility index (Phi) is 4.15. The van der Waals surface area contributed by atoms with Crippen molar-refractivity contribution in [3.8, 4) is 0 Å². The second-order valence-corrected chi connectivity index (χ2v) is 5.36. The third-order valence-electron chi connectivity index (χ3n) is 3.55. The Labute approximate surface area is 124 Å². The number of nitrogens with zero attached hydrogens (tertiary/aromatic N) is 1. The summed E-state index contributed by atoms with van der Waals surface area (Å²) in [5, 5.41) is 6.17. The third-order valence-corrected chi connectivity index (χ3v) is 3.55. The molecule has 1 heterocycles. The lowest BCUT2D eigenvalue weighted by molar-refractivity contribution is -0.117. The Morgan fingerprint density at radius 1 is 1.14 bits per heavy atom. The predicted octanol–water partition coefficient (Wildman–Crippen LogP) is 3.08. The number of carbonyl (C=O) groups is 1. The number of benzene rings is 1. The summed E-state index contributed by atoms with van der Waals surface area (Å²) >= 11 is 0. The van der Waals surface area contributed by atoms with Gasteiger partial charge in [-0.2, -0.15) is 0 Å². The fraction of sp³-hybridized carbons (Fsp3) is 0.294. The molecule has 0 atom stereocenters. The number of amides is 1. The predicted molar refractivity (Wildman–Crippen MR) is 84.2 cm³/mol. The van der Waals surface area contributed by atoms with Gasteiger partial charge in [-0.15, -0.1) is 0 Å². The van der Waals surface area contributed by atoms with Crippen molar-refractivity contribution in [2.24, 2.45) is 5.92 Å². The van der Waals surface area contributed by atoms with Crippen LogP contribution in [0.2, 0.25) is 0 Å². The second-order valence-electron chi connectivity index (χ2n) is 5.36. The normalized spacial score (nSPS) is 13.7. The number of hydrogen-bond acceptors (Lipinski definition) is 3. The van der Waals surface area contributed by atoms with Crippen LogP contribution in [0.25, 0.3) is 0 Å². The summed E-state index contributed by atoms with van der Waals surface area (Å²) in [6, 6.07) is 14.1. The second kappa shape index (κ2) is 6.39. The van der Waals surface area contributed by atoms with Gasteiger partial charge < -0.3 is 10.6 Å². The van der Waals surface area contributed by atoms with Gasteiger partial charge in [-0.3, -0.25) is 4.79 Å². The molecule has 21 heavy (non-hydrogen) atoms. The maximum Gasteiger partial charge on any atom is 0.228 e. The molecule has 0 saturated heterocycles. The molecule has 3 rings (SSSR count). The van der Waals surface area contributed by atoms with Crippen LogP contribution in [-0.2, 0) is 11.2 Å². The minimum absolute atomic E-state index is 0.0901. The van der Waals surface area contributed by atoms with E-state index in [9.17, 15) is 4.79 Å². The highest BCUT2D eigenvalue weighted by atomic mass is 16.2. The molecule has 0 bridgehead atoms. The Morgan fingerprint density at radius 2 is 1.95 bits per heavy atom. The van der Waals surface area contributed by atoms with Gasteiger partial charge in [-0.05, 0) is 37.0 Å². The molecule has 0 spiro atoms. The van der Waals surface area contributed by atoms with Crippen molar-refractivity contribution in [3.05, 3.63) is 54.2 Å². The van der Waals surface area contributed by atoms with Crippen molar-refractivity contribution in [1.29, 1.82) is 0 Å². The van der Waals surface area contributed by atoms with Gasteiger partial charge in [0.15, 0.2) is 0 Å². The van der Waals surface area contributed by atoms with E-state index in [4.69, 9.17) is 0 Å². The summed E-state index contributed by atoms with van der Waals surface area (Å²) in [6.45, 7) is 0.861. The molecular weight excluding hydrogens is 262 g/mol. The molecule has 0 unspecified atom stereocenters. The lowest BCUT2D eigenvalue weighted by atomic mass is 10.1. The van der Waals surface area contributed by atoms with Crippen molar-refractivity contribution in [3.63, 3.8) is 0 Å². The van der Waals surface area contributed by atoms with E-state index < -0.39 is 0 Å². The summed E-state index contributed by atoms with van der Waals surface area (Å²) in [7, 11) is 0. The number of rotatable bonds is 6. The average molecular weight is 281 g/mol. The van der Waals surface area contributed by atoms with Gasteiger partial charge in [0.25, 0.3) is 0 Å². The van der Waals surface area contributed by atoms with Crippen LogP contribution in [0.3, 0.4) is 0 Å². The van der Waals surface area contributed by atoms with Crippen molar-refractivity contribution in [1.82, 2.24) is 4.98 Å². The first-order chi connectivity index (χ1) is 10.3. The summed E-state index contributed by atoms with van der Waals surface area (Å²) in [5.74, 6) is 0.920. The quantitative estimate of drug-likeness (QED) is 0.855. The van der Waals surface area contributed by atoms with Gasteiger partial charge in [-0.25, -0.2) is 4.98 Å². The molecule has 4 nitrogen and oxygen atoms in total. The number of aromatic nitrogens is 1. The monoisotopic (exact) mass is 281 g/mol. The Hall–Kier alpha value is -2.36. The van der Waals surface area contributed by atoms with Gasteiger partial charge in [0.2, 0.25) is 5.91 Å². The van der Waals surface area contributed by atoms with E-state index >= 15 is 0 Å². The van der Waals surface area contributed by atoms with E-state index in [0.29, 0.717) is 5.82 Å². The van der Waals surface area contributed by atoms with Gasteiger partial charge in [0, 0.05) is 12.5 Å². The molecule has 0 aliphatic heterocycles. The molecule has 1 aromatic carbocycles. The zero-order valence-corrected chi connectivity index (χ0v) is 11.9. The molecule has 2 aromatic rings. The van der Waals surface area contributed by atoms with Crippen molar-refractivity contribution < 1.29 is 4.79 Å². The highest BCUT2D eigenvalue weighted by molar-refractivity contribution is 5.93. The van der Waals surface area contributed by atoms with E-state index in [2.05, 4.69) is 27.8 Å². The SMILES string of the molecule is O=C(Nc1ccc(NCCc2ccccc2)cn1)C1CC1. The molecule has 1 aliphatic carbocycles. The highest BCUT2D eigenvalue weighted by Gasteiger charge is 2.29. The molecule has 0 radical (unpaired) electrons. The standard InChI is InChI=1S/C17H19N3O/c21-17(14-6-7-14)20-16-9-8-15(12-19-16)18-11-10-13-4-2-1-3-5-13/h1-5,8-9,12,14,18H,6-7,10-11H2,(H,19,20,21). The topological polar surface area (TPSA) is 54.0 Å². The average Bonchev–Trinajstić information content (AvgIpc) is 3.35. The van der Waals surface area contributed by atoms with Crippen LogP contribution in [0.1, 0.15) is 18.4 Å². The van der Waals surface area contributed by atoms with Crippen LogP contribution < -0.4 is 10.6 Å². The van der Waals surface area contributed by atoms with Crippen LogP contribution >= 0.6 is 0 Å². The zero-order valence-electron chi connectivity index (χ0n) is 11.9. The van der Waals surface area contributed by atoms with E-state index in [-0.39, 0.29) is 11.8 Å². The minimum atomic E-state index is 0.0901. The molecule has 108 valence electrons. The first-order valence-electron chi connectivity index (χ1n) is 7.36. The number of pyridine rings is 1. The van der Waals surface area contributed by atoms with Gasteiger partial charge >= 0.3 is 0 Å². The fourth-order valence-electron chi connectivity index (χ4n) is 2.14. The number of nitrogens with one attached hydrogen (secondary N) is 2. The fourth-order valence-corrected chi connectivity index (χ4v) is 2.14. The van der Waals surface area contributed by atoms with E-state index in [1.54, 1.807) is 6.20 Å². The van der Waals surface area contributed by atoms with Gasteiger partial charge in [0.1, 0.15) is 5.82 Å². The van der Waals surface area contributed by atoms with Crippen LogP contribution in [0.5, 0.6) is 0 Å². The zero-order chi connectivity index (χ0) is 14.5. The molecule has 1 saturated carbocycles. The lowest BCUT2D eigenvalue weighted by Gasteiger charge is -2.08. The van der Waals surface area contributed by atoms with E-state index in [1.807, 2.05) is 30.3 Å². The Morgan fingerprint density at radius 3 is 2.62 bits per heavy atom. The molecule has 4 heteroatoms. The molecule has 1 fully saturated rings. The third kappa shape index (κ3) is 4.05. The van der Waals surface area contributed by atoms with Crippen LogP contribution in [-0.4, -0.2) is 17.4 Å². The van der Waals surface area contributed by atoms with Gasteiger partial charge in [-0.1, -0.05) is 30.3 Å². The van der Waals surface area contributed by atoms with Crippen molar-refractivity contribution in [2.45, 2.75) is 19.3 Å². The molecule has 1 aliphatic rings. The van der Waals surface area contributed by atoms with Crippen molar-refractivity contribution >= 4 is 17.4 Å². The van der Waals surface area contributed by atoms with Crippen LogP contribution in [0.4, 0.5) is 11.5 Å². The maximum atomic E-state index is 11.6. The van der Waals surface area contributed by atoms with E-state index in [0.717, 1.165) is 31.5 Å². The van der Waals surface area contributed by atoms with E-state index in [1.165, 1.54) is 5.56 Å². The molecule has 1 amide bonds. The Bertz CT molecular complexity index is 591.